The van der Waals surface area contributed by atoms with Gasteiger partial charge in [-0.1, -0.05) is 18.2 Å². The molecule has 0 radical (unpaired) electrons. The zero-order chi connectivity index (χ0) is 19.3. The van der Waals surface area contributed by atoms with Gasteiger partial charge in [-0.15, -0.1) is 0 Å². The van der Waals surface area contributed by atoms with Gasteiger partial charge >= 0.3 is 0 Å². The molecule has 1 aromatic carbocycles. The Hall–Kier alpha value is -2.92. The Bertz CT molecular complexity index is 1040. The Morgan fingerprint density at radius 1 is 1.29 bits per heavy atom. The quantitative estimate of drug-likeness (QED) is 0.578. The van der Waals surface area contributed by atoms with E-state index in [9.17, 15) is 15.0 Å². The maximum absolute atomic E-state index is 12.4. The maximum atomic E-state index is 12.4. The first kappa shape index (κ1) is 17.2. The first-order valence-corrected chi connectivity index (χ1v) is 8.75. The van der Waals surface area contributed by atoms with Crippen LogP contribution in [0.1, 0.15) is 16.6 Å². The summed E-state index contributed by atoms with van der Waals surface area (Å²) in [5, 5.41) is 22.8. The largest absolute Gasteiger partial charge is 0.393 e. The van der Waals surface area contributed by atoms with E-state index in [0.717, 1.165) is 0 Å². The molecular formula is C18H17N5O5. The molecule has 3 aromatic rings. The molecule has 2 fully saturated rings. The number of nitrogens with one attached hydrogen (secondary N) is 1. The lowest BCUT2D eigenvalue weighted by molar-refractivity contribution is -0.185. The van der Waals surface area contributed by atoms with Gasteiger partial charge in [-0.3, -0.25) is 9.36 Å². The van der Waals surface area contributed by atoms with Crippen LogP contribution in [0.15, 0.2) is 43.0 Å². The van der Waals surface area contributed by atoms with Gasteiger partial charge in [-0.2, -0.15) is 0 Å². The molecule has 28 heavy (non-hydrogen) atoms. The number of fused-ring (bicyclic) bond motifs is 3. The highest BCUT2D eigenvalue weighted by Gasteiger charge is 2.61. The second-order valence-corrected chi connectivity index (χ2v) is 6.82. The molecule has 4 atom stereocenters. The summed E-state index contributed by atoms with van der Waals surface area (Å²) in [6, 6.07) is 8.76. The molecule has 4 heterocycles. The second kappa shape index (κ2) is 6.31. The van der Waals surface area contributed by atoms with Gasteiger partial charge < -0.3 is 25.0 Å². The number of anilines is 1. The standard InChI is InChI=1S/C18H17N5O5/c24-6-18-7-27-12(13(18)25)17(28-18)23-9-21-11-14(19-8-20-15(11)23)22-16(26)10-4-2-1-3-5-10/h1-5,8-9,12-13,17,24-25H,6-7H2,(H,19,20,22,26)/t12?,13?,17?,18-/m0/s1. The molecule has 3 N–H and O–H groups in total. The summed E-state index contributed by atoms with van der Waals surface area (Å²) in [5.74, 6) is -0.0524. The average molecular weight is 383 g/mol. The maximum Gasteiger partial charge on any atom is 0.256 e. The first-order chi connectivity index (χ1) is 13.6. The van der Waals surface area contributed by atoms with Crippen molar-refractivity contribution in [3.05, 3.63) is 48.5 Å². The van der Waals surface area contributed by atoms with Crippen molar-refractivity contribution in [2.45, 2.75) is 24.0 Å². The number of hydrogen-bond donors (Lipinski definition) is 3. The van der Waals surface area contributed by atoms with Crippen molar-refractivity contribution in [2.75, 3.05) is 18.5 Å². The minimum Gasteiger partial charge on any atom is -0.393 e. The summed E-state index contributed by atoms with van der Waals surface area (Å²) in [4.78, 5) is 25.1. The fourth-order valence-corrected chi connectivity index (χ4v) is 3.65. The number of aromatic nitrogens is 4. The van der Waals surface area contributed by atoms with Gasteiger partial charge in [0.05, 0.1) is 19.5 Å². The minimum atomic E-state index is -1.15. The summed E-state index contributed by atoms with van der Waals surface area (Å²) in [5.41, 5.74) is 0.139. The van der Waals surface area contributed by atoms with Crippen molar-refractivity contribution in [2.24, 2.45) is 0 Å². The fraction of sp³-hybridized carbons (Fsp3) is 0.333. The molecule has 2 saturated heterocycles. The molecule has 1 amide bonds. The van der Waals surface area contributed by atoms with Crippen LogP contribution in [0.4, 0.5) is 5.82 Å². The molecule has 0 aliphatic carbocycles. The molecule has 0 spiro atoms. The van der Waals surface area contributed by atoms with Crippen LogP contribution in [0.25, 0.3) is 11.2 Å². The van der Waals surface area contributed by atoms with E-state index >= 15 is 0 Å². The van der Waals surface area contributed by atoms with Crippen LogP contribution in [-0.4, -0.2) is 66.7 Å². The normalized spacial score (nSPS) is 28.7. The Labute approximate surface area is 158 Å². The van der Waals surface area contributed by atoms with Crippen LogP contribution in [0.3, 0.4) is 0 Å². The van der Waals surface area contributed by atoms with Gasteiger partial charge in [0, 0.05) is 5.56 Å². The Morgan fingerprint density at radius 3 is 2.86 bits per heavy atom. The monoisotopic (exact) mass is 383 g/mol. The van der Waals surface area contributed by atoms with Gasteiger partial charge in [-0.05, 0) is 12.1 Å². The van der Waals surface area contributed by atoms with Gasteiger partial charge in [0.1, 0.15) is 24.1 Å². The van der Waals surface area contributed by atoms with E-state index in [2.05, 4.69) is 20.3 Å². The number of carbonyl (C=O) groups excluding carboxylic acids is 1. The Morgan fingerprint density at radius 2 is 2.11 bits per heavy atom. The molecule has 10 heteroatoms. The van der Waals surface area contributed by atoms with E-state index in [4.69, 9.17) is 9.47 Å². The van der Waals surface area contributed by atoms with E-state index in [-0.39, 0.29) is 24.9 Å². The minimum absolute atomic E-state index is 0.117. The number of amides is 1. The highest BCUT2D eigenvalue weighted by atomic mass is 16.7. The summed E-state index contributed by atoms with van der Waals surface area (Å²) < 4.78 is 13.1. The molecule has 5 rings (SSSR count). The number of ether oxygens (including phenoxy) is 2. The smallest absolute Gasteiger partial charge is 0.256 e. The first-order valence-electron chi connectivity index (χ1n) is 8.75. The van der Waals surface area contributed by atoms with Crippen molar-refractivity contribution in [1.29, 1.82) is 0 Å². The summed E-state index contributed by atoms with van der Waals surface area (Å²) in [7, 11) is 0. The lowest BCUT2D eigenvalue weighted by atomic mass is 10.0. The van der Waals surface area contributed by atoms with Crippen molar-refractivity contribution >= 4 is 22.9 Å². The number of benzene rings is 1. The van der Waals surface area contributed by atoms with E-state index in [0.29, 0.717) is 16.7 Å². The zero-order valence-corrected chi connectivity index (χ0v) is 14.6. The summed E-state index contributed by atoms with van der Waals surface area (Å²) in [6.07, 6.45) is 0.492. The second-order valence-electron chi connectivity index (χ2n) is 6.82. The van der Waals surface area contributed by atoms with Crippen LogP contribution in [-0.2, 0) is 9.47 Å². The summed E-state index contributed by atoms with van der Waals surface area (Å²) in [6.45, 7) is -0.243. The van der Waals surface area contributed by atoms with Crippen molar-refractivity contribution < 1.29 is 24.5 Å². The van der Waals surface area contributed by atoms with Crippen molar-refractivity contribution in [3.63, 3.8) is 0 Å². The van der Waals surface area contributed by atoms with Crippen LogP contribution in [0.2, 0.25) is 0 Å². The molecular weight excluding hydrogens is 366 g/mol. The Balaban J connectivity index is 1.48. The fourth-order valence-electron chi connectivity index (χ4n) is 3.65. The average Bonchev–Trinajstić information content (AvgIpc) is 3.39. The molecule has 2 bridgehead atoms. The predicted octanol–water partition coefficient (Wildman–Crippen LogP) is 0.0982. The van der Waals surface area contributed by atoms with Crippen LogP contribution < -0.4 is 5.32 Å². The highest BCUT2D eigenvalue weighted by Crippen LogP contribution is 2.45. The highest BCUT2D eigenvalue weighted by molar-refractivity contribution is 6.06. The molecule has 2 aromatic heterocycles. The number of aliphatic hydroxyl groups is 2. The molecule has 10 nitrogen and oxygen atoms in total. The third-order valence-electron chi connectivity index (χ3n) is 5.18. The van der Waals surface area contributed by atoms with Crippen molar-refractivity contribution in [3.8, 4) is 0 Å². The number of aliphatic hydroxyl groups excluding tert-OH is 2. The SMILES string of the molecule is O=C(Nc1ncnc2c1ncn2C1O[C@@]2(CO)COC1C2O)c1ccccc1. The molecule has 0 saturated carbocycles. The predicted molar refractivity (Wildman–Crippen MR) is 95.4 cm³/mol. The van der Waals surface area contributed by atoms with E-state index in [1.807, 2.05) is 6.07 Å². The summed E-state index contributed by atoms with van der Waals surface area (Å²) >= 11 is 0. The van der Waals surface area contributed by atoms with E-state index in [1.165, 1.54) is 12.7 Å². The Kier molecular flexibility index (Phi) is 3.88. The van der Waals surface area contributed by atoms with E-state index < -0.39 is 24.0 Å². The number of carbonyl (C=O) groups is 1. The third kappa shape index (κ3) is 2.43. The van der Waals surface area contributed by atoms with Crippen LogP contribution >= 0.6 is 0 Å². The van der Waals surface area contributed by atoms with Gasteiger partial charge in [0.2, 0.25) is 0 Å². The molecule has 2 aliphatic heterocycles. The lowest BCUT2D eigenvalue weighted by Crippen LogP contribution is -2.44. The number of imidazole rings is 1. The molecule has 2 aliphatic rings. The third-order valence-corrected chi connectivity index (χ3v) is 5.18. The number of nitrogens with zero attached hydrogens (tertiary/aromatic N) is 4. The zero-order valence-electron chi connectivity index (χ0n) is 14.6. The number of hydrogen-bond acceptors (Lipinski definition) is 8. The lowest BCUT2D eigenvalue weighted by Gasteiger charge is -2.29. The van der Waals surface area contributed by atoms with E-state index in [1.54, 1.807) is 28.8 Å². The van der Waals surface area contributed by atoms with Gasteiger partial charge in [0.15, 0.2) is 23.2 Å². The molecule has 144 valence electrons. The van der Waals surface area contributed by atoms with Gasteiger partial charge in [-0.25, -0.2) is 15.0 Å². The van der Waals surface area contributed by atoms with Crippen LogP contribution in [0.5, 0.6) is 0 Å². The van der Waals surface area contributed by atoms with Crippen molar-refractivity contribution in [1.82, 2.24) is 19.5 Å². The molecule has 3 unspecified atom stereocenters. The number of rotatable bonds is 4. The van der Waals surface area contributed by atoms with Gasteiger partial charge in [0.25, 0.3) is 5.91 Å². The van der Waals surface area contributed by atoms with Crippen LogP contribution in [0, 0.1) is 0 Å². The topological polar surface area (TPSA) is 132 Å².